The number of benzene rings is 2. The summed E-state index contributed by atoms with van der Waals surface area (Å²) in [6, 6.07) is 8.72. The number of rotatable bonds is 4. The van der Waals surface area contributed by atoms with Gasteiger partial charge in [-0.05, 0) is 65.8 Å². The molecule has 0 unspecified atom stereocenters. The second-order valence-electron chi connectivity index (χ2n) is 5.39. The first-order valence-corrected chi connectivity index (χ1v) is 7.44. The molecule has 0 heterocycles. The normalized spacial score (nSPS) is 12.3. The highest BCUT2D eigenvalue weighted by Crippen LogP contribution is 2.31. The first kappa shape index (κ1) is 15.2. The molecule has 0 fully saturated rings. The molecule has 0 radical (unpaired) electrons. The highest BCUT2D eigenvalue weighted by molar-refractivity contribution is 5.98. The van der Waals surface area contributed by atoms with Crippen molar-refractivity contribution in [1.29, 1.82) is 0 Å². The molecule has 0 aliphatic rings. The molecule has 2 rings (SSSR count). The van der Waals surface area contributed by atoms with Crippen LogP contribution in [0.2, 0.25) is 0 Å². The van der Waals surface area contributed by atoms with E-state index in [9.17, 15) is 0 Å². The van der Waals surface area contributed by atoms with E-state index in [0.29, 0.717) is 0 Å². The van der Waals surface area contributed by atoms with Crippen LogP contribution in [0, 0.1) is 13.8 Å². The highest BCUT2D eigenvalue weighted by atomic mass is 14.7. The molecule has 21 heavy (non-hydrogen) atoms. The molecule has 0 atom stereocenters. The molecule has 108 valence electrons. The summed E-state index contributed by atoms with van der Waals surface area (Å²) in [6.45, 7) is 12.6. The molecule has 0 aromatic heterocycles. The van der Waals surface area contributed by atoms with Crippen LogP contribution in [0.5, 0.6) is 0 Å². The summed E-state index contributed by atoms with van der Waals surface area (Å²) in [6.07, 6.45) is 6.77. The van der Waals surface area contributed by atoms with Crippen molar-refractivity contribution < 1.29 is 0 Å². The standard InChI is InChI=1S/C20H23N/c1-6-12-21-13-15(4)19-11-10-17-9-8-14(3)16(5)20(17)18(19)7-2/h7-13H,2,6H2,1,3-5H3/b15-13+,21-12?. The molecule has 0 bridgehead atoms. The Morgan fingerprint density at radius 2 is 1.90 bits per heavy atom. The first-order chi connectivity index (χ1) is 10.1. The van der Waals surface area contributed by atoms with Crippen LogP contribution < -0.4 is 0 Å². The van der Waals surface area contributed by atoms with Gasteiger partial charge in [0.25, 0.3) is 0 Å². The Hall–Kier alpha value is -2.15. The third-order valence-corrected chi connectivity index (χ3v) is 3.94. The van der Waals surface area contributed by atoms with Gasteiger partial charge in [0.05, 0.1) is 0 Å². The molecule has 2 aromatic rings. The molecule has 0 aliphatic heterocycles. The lowest BCUT2D eigenvalue weighted by atomic mass is 9.91. The zero-order valence-corrected chi connectivity index (χ0v) is 13.4. The van der Waals surface area contributed by atoms with Gasteiger partial charge in [0.2, 0.25) is 0 Å². The summed E-state index contributed by atoms with van der Waals surface area (Å²) < 4.78 is 0. The number of fused-ring (bicyclic) bond motifs is 1. The molecule has 1 nitrogen and oxygen atoms in total. The predicted molar refractivity (Wildman–Crippen MR) is 95.9 cm³/mol. The Morgan fingerprint density at radius 1 is 1.19 bits per heavy atom. The van der Waals surface area contributed by atoms with Crippen LogP contribution in [-0.2, 0) is 0 Å². The molecule has 1 heteroatoms. The van der Waals surface area contributed by atoms with Crippen LogP contribution >= 0.6 is 0 Å². The molecule has 2 aromatic carbocycles. The Morgan fingerprint density at radius 3 is 2.57 bits per heavy atom. The van der Waals surface area contributed by atoms with Crippen LogP contribution in [0.25, 0.3) is 22.4 Å². The van der Waals surface area contributed by atoms with Crippen molar-refractivity contribution in [1.82, 2.24) is 0 Å². The van der Waals surface area contributed by atoms with E-state index in [-0.39, 0.29) is 0 Å². The zero-order chi connectivity index (χ0) is 15.4. The minimum absolute atomic E-state index is 0.952. The van der Waals surface area contributed by atoms with Crippen LogP contribution in [0.3, 0.4) is 0 Å². The maximum atomic E-state index is 4.34. The maximum Gasteiger partial charge on any atom is 0.0299 e. The van der Waals surface area contributed by atoms with Gasteiger partial charge in [-0.25, -0.2) is 0 Å². The fourth-order valence-electron chi connectivity index (χ4n) is 2.63. The topological polar surface area (TPSA) is 12.4 Å². The lowest BCUT2D eigenvalue weighted by molar-refractivity contribution is 1.31. The molecule has 0 spiro atoms. The third-order valence-electron chi connectivity index (χ3n) is 3.94. The molecule has 0 saturated carbocycles. The first-order valence-electron chi connectivity index (χ1n) is 7.44. The number of hydrogen-bond donors (Lipinski definition) is 0. The minimum atomic E-state index is 0.952. The zero-order valence-electron chi connectivity index (χ0n) is 13.4. The van der Waals surface area contributed by atoms with E-state index in [1.54, 1.807) is 0 Å². The second-order valence-corrected chi connectivity index (χ2v) is 5.39. The Kier molecular flexibility index (Phi) is 4.74. The molecule has 0 N–H and O–H groups in total. The number of nitrogens with zero attached hydrogens (tertiary/aromatic N) is 1. The van der Waals surface area contributed by atoms with E-state index < -0.39 is 0 Å². The van der Waals surface area contributed by atoms with E-state index in [4.69, 9.17) is 0 Å². The summed E-state index contributed by atoms with van der Waals surface area (Å²) >= 11 is 0. The molecule has 0 saturated heterocycles. The van der Waals surface area contributed by atoms with Crippen molar-refractivity contribution in [2.75, 3.05) is 0 Å². The quantitative estimate of drug-likeness (QED) is 0.613. The largest absolute Gasteiger partial charge is 0.269 e. The predicted octanol–water partition coefficient (Wildman–Crippen LogP) is 5.94. The minimum Gasteiger partial charge on any atom is -0.269 e. The van der Waals surface area contributed by atoms with Crippen molar-refractivity contribution in [3.8, 4) is 0 Å². The highest BCUT2D eigenvalue weighted by Gasteiger charge is 2.09. The molecular formula is C20H23N. The Labute approximate surface area is 127 Å². The van der Waals surface area contributed by atoms with Gasteiger partial charge in [0, 0.05) is 12.4 Å². The van der Waals surface area contributed by atoms with Crippen LogP contribution in [0.4, 0.5) is 0 Å². The van der Waals surface area contributed by atoms with Gasteiger partial charge >= 0.3 is 0 Å². The van der Waals surface area contributed by atoms with Crippen molar-refractivity contribution in [2.24, 2.45) is 4.99 Å². The van der Waals surface area contributed by atoms with Crippen LogP contribution in [0.15, 0.2) is 42.0 Å². The van der Waals surface area contributed by atoms with Crippen molar-refractivity contribution >= 4 is 28.6 Å². The van der Waals surface area contributed by atoms with Crippen molar-refractivity contribution in [2.45, 2.75) is 34.1 Å². The number of aryl methyl sites for hydroxylation is 2. The lowest BCUT2D eigenvalue weighted by Gasteiger charge is -2.14. The van der Waals surface area contributed by atoms with E-state index in [1.807, 2.05) is 18.5 Å². The monoisotopic (exact) mass is 277 g/mol. The van der Waals surface area contributed by atoms with E-state index in [1.165, 1.54) is 33.0 Å². The Balaban J connectivity index is 2.71. The summed E-state index contributed by atoms with van der Waals surface area (Å²) in [5.41, 5.74) is 6.22. The second kappa shape index (κ2) is 6.53. The van der Waals surface area contributed by atoms with Crippen molar-refractivity contribution in [3.63, 3.8) is 0 Å². The van der Waals surface area contributed by atoms with E-state index >= 15 is 0 Å². The van der Waals surface area contributed by atoms with E-state index in [2.05, 4.69) is 63.5 Å². The fraction of sp³-hybridized carbons (Fsp3) is 0.250. The van der Waals surface area contributed by atoms with Gasteiger partial charge in [-0.2, -0.15) is 0 Å². The summed E-state index contributed by atoms with van der Waals surface area (Å²) in [5.74, 6) is 0. The van der Waals surface area contributed by atoms with Gasteiger partial charge in [-0.3, -0.25) is 4.99 Å². The van der Waals surface area contributed by atoms with Crippen LogP contribution in [-0.4, -0.2) is 6.21 Å². The summed E-state index contributed by atoms with van der Waals surface area (Å²) in [7, 11) is 0. The average molecular weight is 277 g/mol. The fourth-order valence-corrected chi connectivity index (χ4v) is 2.63. The molecule has 0 amide bonds. The number of aliphatic imine (C=N–C) groups is 1. The third kappa shape index (κ3) is 2.97. The summed E-state index contributed by atoms with van der Waals surface area (Å²) in [4.78, 5) is 4.34. The van der Waals surface area contributed by atoms with E-state index in [0.717, 1.165) is 12.0 Å². The Bertz CT molecular complexity index is 733. The molecular weight excluding hydrogens is 254 g/mol. The number of hydrogen-bond acceptors (Lipinski definition) is 1. The SMILES string of the molecule is C=Cc1c(/C(C)=C/N=CCC)ccc2ccc(C)c(C)c12. The molecule has 0 aliphatic carbocycles. The summed E-state index contributed by atoms with van der Waals surface area (Å²) in [5, 5.41) is 2.57. The van der Waals surface area contributed by atoms with Crippen molar-refractivity contribution in [3.05, 3.63) is 59.3 Å². The van der Waals surface area contributed by atoms with Crippen LogP contribution in [0.1, 0.15) is 42.5 Å². The average Bonchev–Trinajstić information content (AvgIpc) is 2.50. The van der Waals surface area contributed by atoms with Gasteiger partial charge < -0.3 is 0 Å². The van der Waals surface area contributed by atoms with Gasteiger partial charge in [-0.15, -0.1) is 0 Å². The van der Waals surface area contributed by atoms with Gasteiger partial charge in [0.1, 0.15) is 0 Å². The van der Waals surface area contributed by atoms with Gasteiger partial charge in [-0.1, -0.05) is 43.8 Å². The lowest BCUT2D eigenvalue weighted by Crippen LogP contribution is -1.92. The maximum absolute atomic E-state index is 4.34. The number of allylic oxidation sites excluding steroid dienone is 1. The smallest absolute Gasteiger partial charge is 0.0299 e. The van der Waals surface area contributed by atoms with Gasteiger partial charge in [0.15, 0.2) is 0 Å².